The minimum atomic E-state index is -0.541. The Bertz CT molecular complexity index is 297. The smallest absolute Gasteiger partial charge is 0.243 e. The van der Waals surface area contributed by atoms with Crippen LogP contribution >= 0.6 is 0 Å². The van der Waals surface area contributed by atoms with E-state index in [-0.39, 0.29) is 5.91 Å². The van der Waals surface area contributed by atoms with Gasteiger partial charge in [0.05, 0.1) is 0 Å². The lowest BCUT2D eigenvalue weighted by Gasteiger charge is -2.19. The summed E-state index contributed by atoms with van der Waals surface area (Å²) < 4.78 is 0. The van der Waals surface area contributed by atoms with E-state index in [9.17, 15) is 4.79 Å². The number of hydrogen-bond donors (Lipinski definition) is 1. The molecule has 76 valence electrons. The number of hydrogen-bond acceptors (Lipinski definition) is 2. The summed E-state index contributed by atoms with van der Waals surface area (Å²) in [7, 11) is 1.76. The normalized spacial score (nSPS) is 12.2. The number of carbonyl (C=O) groups excluding carboxylic acids is 1. The van der Waals surface area contributed by atoms with Gasteiger partial charge in [-0.05, 0) is 12.5 Å². The molecule has 0 aliphatic rings. The summed E-state index contributed by atoms with van der Waals surface area (Å²) in [5.74, 6) is -0.0429. The molecule has 0 saturated carbocycles. The molecular weight excluding hydrogens is 176 g/mol. The third kappa shape index (κ3) is 2.33. The number of nitrogens with zero attached hydrogens (tertiary/aromatic N) is 1. The Morgan fingerprint density at radius 3 is 2.50 bits per heavy atom. The molecule has 0 aromatic heterocycles. The molecule has 0 spiro atoms. The van der Waals surface area contributed by atoms with Crippen LogP contribution in [0.25, 0.3) is 0 Å². The highest BCUT2D eigenvalue weighted by Crippen LogP contribution is 2.11. The van der Waals surface area contributed by atoms with Crippen LogP contribution < -0.4 is 5.73 Å². The molecule has 0 fully saturated rings. The largest absolute Gasteiger partial charge is 0.344 e. The van der Waals surface area contributed by atoms with Crippen LogP contribution in [0.2, 0.25) is 0 Å². The summed E-state index contributed by atoms with van der Waals surface area (Å²) in [6.07, 6.45) is 0. The summed E-state index contributed by atoms with van der Waals surface area (Å²) in [4.78, 5) is 13.3. The molecule has 0 radical (unpaired) electrons. The Balaban J connectivity index is 2.76. The van der Waals surface area contributed by atoms with Gasteiger partial charge in [-0.2, -0.15) is 0 Å². The van der Waals surface area contributed by atoms with E-state index in [2.05, 4.69) is 0 Å². The Hall–Kier alpha value is -1.35. The summed E-state index contributed by atoms with van der Waals surface area (Å²) in [6, 6.07) is 8.87. The average molecular weight is 192 g/mol. The summed E-state index contributed by atoms with van der Waals surface area (Å²) in [5, 5.41) is 0. The van der Waals surface area contributed by atoms with Crippen LogP contribution in [0, 0.1) is 0 Å². The van der Waals surface area contributed by atoms with Crippen molar-refractivity contribution in [3.63, 3.8) is 0 Å². The maximum atomic E-state index is 11.7. The molecule has 0 aliphatic heterocycles. The lowest BCUT2D eigenvalue weighted by Crippen LogP contribution is -2.35. The first-order valence-electron chi connectivity index (χ1n) is 4.72. The highest BCUT2D eigenvalue weighted by Gasteiger charge is 2.17. The van der Waals surface area contributed by atoms with E-state index in [0.717, 1.165) is 5.56 Å². The standard InChI is InChI=1S/C11H16N2O/c1-3-13(2)11(14)10(12)9-7-5-4-6-8-9/h4-8,10H,3,12H2,1-2H3. The van der Waals surface area contributed by atoms with Crippen LogP contribution in [0.5, 0.6) is 0 Å². The maximum absolute atomic E-state index is 11.7. The molecule has 3 heteroatoms. The molecule has 3 nitrogen and oxygen atoms in total. The number of nitrogens with two attached hydrogens (primary N) is 1. The van der Waals surface area contributed by atoms with E-state index in [1.54, 1.807) is 11.9 Å². The monoisotopic (exact) mass is 192 g/mol. The molecule has 0 bridgehead atoms. The zero-order valence-electron chi connectivity index (χ0n) is 8.60. The SMILES string of the molecule is CCN(C)C(=O)C(N)c1ccccc1. The number of rotatable bonds is 3. The fraction of sp³-hybridized carbons (Fsp3) is 0.364. The van der Waals surface area contributed by atoms with Gasteiger partial charge in [0.1, 0.15) is 6.04 Å². The van der Waals surface area contributed by atoms with Gasteiger partial charge in [-0.25, -0.2) is 0 Å². The topological polar surface area (TPSA) is 46.3 Å². The summed E-state index contributed by atoms with van der Waals surface area (Å²) >= 11 is 0. The number of carbonyl (C=O) groups is 1. The van der Waals surface area contributed by atoms with Crippen molar-refractivity contribution in [1.82, 2.24) is 4.90 Å². The Morgan fingerprint density at radius 1 is 1.43 bits per heavy atom. The van der Waals surface area contributed by atoms with Crippen molar-refractivity contribution in [3.8, 4) is 0 Å². The zero-order chi connectivity index (χ0) is 10.6. The maximum Gasteiger partial charge on any atom is 0.243 e. The van der Waals surface area contributed by atoms with Gasteiger partial charge in [-0.3, -0.25) is 4.79 Å². The molecule has 1 aromatic rings. The van der Waals surface area contributed by atoms with E-state index in [0.29, 0.717) is 6.54 Å². The van der Waals surface area contributed by atoms with E-state index >= 15 is 0 Å². The van der Waals surface area contributed by atoms with Gasteiger partial charge in [0, 0.05) is 13.6 Å². The predicted octanol–water partition coefficient (Wildman–Crippen LogP) is 1.16. The van der Waals surface area contributed by atoms with Crippen molar-refractivity contribution in [2.75, 3.05) is 13.6 Å². The molecule has 1 unspecified atom stereocenters. The second-order valence-electron chi connectivity index (χ2n) is 3.24. The Labute approximate surface area is 84.5 Å². The van der Waals surface area contributed by atoms with Crippen LogP contribution in [0.15, 0.2) is 30.3 Å². The van der Waals surface area contributed by atoms with Crippen LogP contribution in [0.3, 0.4) is 0 Å². The van der Waals surface area contributed by atoms with Gasteiger partial charge in [0.2, 0.25) is 5.91 Å². The van der Waals surface area contributed by atoms with Crippen molar-refractivity contribution in [2.45, 2.75) is 13.0 Å². The predicted molar refractivity (Wildman–Crippen MR) is 56.7 cm³/mol. The van der Waals surface area contributed by atoms with Gasteiger partial charge in [-0.15, -0.1) is 0 Å². The quantitative estimate of drug-likeness (QED) is 0.781. The average Bonchev–Trinajstić information content (AvgIpc) is 2.27. The number of benzene rings is 1. The lowest BCUT2D eigenvalue weighted by atomic mass is 10.1. The van der Waals surface area contributed by atoms with Gasteiger partial charge in [0.15, 0.2) is 0 Å². The minimum absolute atomic E-state index is 0.0429. The molecule has 0 saturated heterocycles. The minimum Gasteiger partial charge on any atom is -0.344 e. The van der Waals surface area contributed by atoms with Crippen molar-refractivity contribution < 1.29 is 4.79 Å². The molecule has 1 atom stereocenters. The van der Waals surface area contributed by atoms with E-state index < -0.39 is 6.04 Å². The third-order valence-corrected chi connectivity index (χ3v) is 2.28. The first-order valence-corrected chi connectivity index (χ1v) is 4.72. The molecule has 14 heavy (non-hydrogen) atoms. The molecule has 2 N–H and O–H groups in total. The molecule has 1 rings (SSSR count). The fourth-order valence-electron chi connectivity index (χ4n) is 1.20. The van der Waals surface area contributed by atoms with Crippen LogP contribution in [-0.4, -0.2) is 24.4 Å². The van der Waals surface area contributed by atoms with Crippen molar-refractivity contribution in [1.29, 1.82) is 0 Å². The highest BCUT2D eigenvalue weighted by atomic mass is 16.2. The van der Waals surface area contributed by atoms with Crippen LogP contribution in [0.4, 0.5) is 0 Å². The van der Waals surface area contributed by atoms with Crippen LogP contribution in [-0.2, 0) is 4.79 Å². The van der Waals surface area contributed by atoms with Gasteiger partial charge >= 0.3 is 0 Å². The first kappa shape index (κ1) is 10.7. The second-order valence-corrected chi connectivity index (χ2v) is 3.24. The summed E-state index contributed by atoms with van der Waals surface area (Å²) in [6.45, 7) is 2.61. The second kappa shape index (κ2) is 4.77. The van der Waals surface area contributed by atoms with Crippen molar-refractivity contribution >= 4 is 5.91 Å². The molecule has 0 heterocycles. The molecule has 1 amide bonds. The Morgan fingerprint density at radius 2 is 2.00 bits per heavy atom. The van der Waals surface area contributed by atoms with Crippen LogP contribution in [0.1, 0.15) is 18.5 Å². The van der Waals surface area contributed by atoms with Gasteiger partial charge < -0.3 is 10.6 Å². The van der Waals surface area contributed by atoms with E-state index in [4.69, 9.17) is 5.73 Å². The van der Waals surface area contributed by atoms with Gasteiger partial charge in [-0.1, -0.05) is 30.3 Å². The van der Waals surface area contributed by atoms with Gasteiger partial charge in [0.25, 0.3) is 0 Å². The fourth-order valence-corrected chi connectivity index (χ4v) is 1.20. The first-order chi connectivity index (χ1) is 6.66. The van der Waals surface area contributed by atoms with Crippen molar-refractivity contribution in [2.24, 2.45) is 5.73 Å². The van der Waals surface area contributed by atoms with E-state index in [1.807, 2.05) is 37.3 Å². The third-order valence-electron chi connectivity index (χ3n) is 2.28. The zero-order valence-corrected chi connectivity index (χ0v) is 8.60. The Kier molecular flexibility index (Phi) is 3.65. The summed E-state index contributed by atoms with van der Waals surface area (Å²) in [5.41, 5.74) is 6.68. The molecule has 0 aliphatic carbocycles. The number of likely N-dealkylation sites (N-methyl/N-ethyl adjacent to an activating group) is 1. The molecule has 1 aromatic carbocycles. The number of amides is 1. The van der Waals surface area contributed by atoms with E-state index in [1.165, 1.54) is 0 Å². The highest BCUT2D eigenvalue weighted by molar-refractivity contribution is 5.82. The molecular formula is C11H16N2O. The van der Waals surface area contributed by atoms with Crippen molar-refractivity contribution in [3.05, 3.63) is 35.9 Å². The lowest BCUT2D eigenvalue weighted by molar-refractivity contribution is -0.131.